The lowest BCUT2D eigenvalue weighted by Crippen LogP contribution is -2.17. The minimum atomic E-state index is -4.86. The zero-order valence-electron chi connectivity index (χ0n) is 12.6. The van der Waals surface area contributed by atoms with Crippen LogP contribution in [0, 0.1) is 6.92 Å². The molecule has 0 aromatic heterocycles. The maximum Gasteiger partial charge on any atom is 0.573 e. The van der Waals surface area contributed by atoms with E-state index in [-0.39, 0.29) is 16.4 Å². The molecule has 0 heterocycles. The molecule has 5 nitrogen and oxygen atoms in total. The van der Waals surface area contributed by atoms with Gasteiger partial charge in [0.05, 0.1) is 7.11 Å². The summed E-state index contributed by atoms with van der Waals surface area (Å²) < 4.78 is 74.4. The summed E-state index contributed by atoms with van der Waals surface area (Å²) in [7, 11) is -2.88. The Kier molecular flexibility index (Phi) is 4.93. The van der Waals surface area contributed by atoms with Crippen molar-refractivity contribution in [1.29, 1.82) is 0 Å². The molecule has 0 aliphatic heterocycles. The molecule has 0 saturated heterocycles. The van der Waals surface area contributed by atoms with Crippen molar-refractivity contribution in [3.63, 3.8) is 0 Å². The smallest absolute Gasteiger partial charge is 0.493 e. The van der Waals surface area contributed by atoms with Gasteiger partial charge >= 0.3 is 16.5 Å². The molecule has 9 heteroatoms. The van der Waals surface area contributed by atoms with Gasteiger partial charge in [-0.15, -0.1) is 13.2 Å². The van der Waals surface area contributed by atoms with Crippen LogP contribution in [-0.2, 0) is 10.1 Å². The molecule has 2 aromatic rings. The van der Waals surface area contributed by atoms with E-state index >= 15 is 0 Å². The van der Waals surface area contributed by atoms with Gasteiger partial charge < -0.3 is 13.7 Å². The van der Waals surface area contributed by atoms with Crippen LogP contribution in [0.4, 0.5) is 13.2 Å². The van der Waals surface area contributed by atoms with Crippen molar-refractivity contribution < 1.29 is 35.2 Å². The largest absolute Gasteiger partial charge is 0.573 e. The van der Waals surface area contributed by atoms with Gasteiger partial charge in [-0.3, -0.25) is 0 Å². The van der Waals surface area contributed by atoms with E-state index in [1.807, 2.05) is 0 Å². The van der Waals surface area contributed by atoms with E-state index in [0.717, 1.165) is 29.8 Å². The van der Waals surface area contributed by atoms with Crippen LogP contribution in [0.25, 0.3) is 0 Å². The van der Waals surface area contributed by atoms with Crippen molar-refractivity contribution in [1.82, 2.24) is 0 Å². The Morgan fingerprint density at radius 2 is 1.58 bits per heavy atom. The molecule has 0 aliphatic carbocycles. The van der Waals surface area contributed by atoms with E-state index in [2.05, 4.69) is 4.74 Å². The summed E-state index contributed by atoms with van der Waals surface area (Å²) in [6.45, 7) is 1.79. The third-order valence-electron chi connectivity index (χ3n) is 2.86. The molecule has 0 unspecified atom stereocenters. The second kappa shape index (κ2) is 6.60. The minimum Gasteiger partial charge on any atom is -0.493 e. The molecule has 2 rings (SSSR count). The van der Waals surface area contributed by atoms with Crippen LogP contribution in [0.1, 0.15) is 5.56 Å². The van der Waals surface area contributed by atoms with E-state index < -0.39 is 22.2 Å². The minimum absolute atomic E-state index is 0.0290. The highest BCUT2D eigenvalue weighted by Crippen LogP contribution is 2.31. The van der Waals surface area contributed by atoms with Crippen LogP contribution >= 0.6 is 0 Å². The van der Waals surface area contributed by atoms with E-state index in [9.17, 15) is 21.6 Å². The summed E-state index contributed by atoms with van der Waals surface area (Å²) in [4.78, 5) is -0.320. The zero-order chi connectivity index (χ0) is 18.0. The van der Waals surface area contributed by atoms with Crippen LogP contribution in [0.2, 0.25) is 0 Å². The third kappa shape index (κ3) is 4.54. The summed E-state index contributed by atoms with van der Waals surface area (Å²) in [5.74, 6) is -0.344. The Morgan fingerprint density at radius 1 is 0.958 bits per heavy atom. The fourth-order valence-electron chi connectivity index (χ4n) is 1.82. The summed E-state index contributed by atoms with van der Waals surface area (Å²) >= 11 is 0. The molecule has 0 aliphatic rings. The van der Waals surface area contributed by atoms with E-state index in [4.69, 9.17) is 8.92 Å². The molecule has 0 saturated carbocycles. The lowest BCUT2D eigenvalue weighted by Gasteiger charge is -2.12. The molecule has 2 aromatic carbocycles. The highest BCUT2D eigenvalue weighted by atomic mass is 32.2. The van der Waals surface area contributed by atoms with Gasteiger partial charge in [-0.25, -0.2) is 0 Å². The molecule has 0 N–H and O–H groups in total. The van der Waals surface area contributed by atoms with Crippen LogP contribution in [-0.4, -0.2) is 21.9 Å². The second-order valence-corrected chi connectivity index (χ2v) is 6.26. The van der Waals surface area contributed by atoms with Crippen LogP contribution in [0.5, 0.6) is 17.2 Å². The lowest BCUT2D eigenvalue weighted by molar-refractivity contribution is -0.274. The van der Waals surface area contributed by atoms with Gasteiger partial charge in [-0.2, -0.15) is 8.42 Å². The molecule has 0 fully saturated rings. The number of aryl methyl sites for hydroxylation is 1. The fourth-order valence-corrected chi connectivity index (χ4v) is 2.76. The Hall–Kier alpha value is -2.42. The van der Waals surface area contributed by atoms with Gasteiger partial charge in [-0.1, -0.05) is 6.07 Å². The Bertz CT molecular complexity index is 814. The number of hydrogen-bond donors (Lipinski definition) is 0. The molecule has 0 amide bonds. The Morgan fingerprint density at radius 3 is 2.12 bits per heavy atom. The van der Waals surface area contributed by atoms with Crippen molar-refractivity contribution in [3.8, 4) is 17.2 Å². The zero-order valence-corrected chi connectivity index (χ0v) is 13.4. The highest BCUT2D eigenvalue weighted by molar-refractivity contribution is 7.87. The standard InChI is InChI=1S/C15H13F3O5S/c1-10-3-8-13(14(9-10)21-2)23-24(19,20)12-6-4-11(5-7-12)22-15(16,17)18/h3-9H,1-2H3. The lowest BCUT2D eigenvalue weighted by atomic mass is 10.2. The van der Waals surface area contributed by atoms with Crippen LogP contribution in [0.15, 0.2) is 47.4 Å². The first-order valence-corrected chi connectivity index (χ1v) is 7.96. The number of rotatable bonds is 5. The normalized spacial score (nSPS) is 11.9. The summed E-state index contributed by atoms with van der Waals surface area (Å²) in [6.07, 6.45) is -4.86. The molecule has 130 valence electrons. The monoisotopic (exact) mass is 362 g/mol. The number of hydrogen-bond acceptors (Lipinski definition) is 5. The molecular formula is C15H13F3O5S. The first kappa shape index (κ1) is 17.9. The van der Waals surface area contributed by atoms with Crippen molar-refractivity contribution in [3.05, 3.63) is 48.0 Å². The summed E-state index contributed by atoms with van der Waals surface area (Å²) in [5, 5.41) is 0. The van der Waals surface area contributed by atoms with Crippen molar-refractivity contribution >= 4 is 10.1 Å². The van der Waals surface area contributed by atoms with Crippen LogP contribution in [0.3, 0.4) is 0 Å². The second-order valence-electron chi connectivity index (χ2n) is 4.71. The number of benzene rings is 2. The van der Waals surface area contributed by atoms with Gasteiger partial charge in [-0.05, 0) is 48.9 Å². The van der Waals surface area contributed by atoms with Crippen molar-refractivity contribution in [2.24, 2.45) is 0 Å². The first-order valence-electron chi connectivity index (χ1n) is 6.56. The van der Waals surface area contributed by atoms with Gasteiger partial charge in [0.2, 0.25) is 0 Å². The third-order valence-corrected chi connectivity index (χ3v) is 4.11. The van der Waals surface area contributed by atoms with Crippen molar-refractivity contribution in [2.45, 2.75) is 18.2 Å². The SMILES string of the molecule is COc1cc(C)ccc1OS(=O)(=O)c1ccc(OC(F)(F)F)cc1. The number of ether oxygens (including phenoxy) is 2. The Labute approximate surface area is 136 Å². The Balaban J connectivity index is 2.25. The molecule has 0 radical (unpaired) electrons. The summed E-state index contributed by atoms with van der Waals surface area (Å²) in [5.41, 5.74) is 0.838. The topological polar surface area (TPSA) is 61.8 Å². The van der Waals surface area contributed by atoms with Gasteiger partial charge in [0.25, 0.3) is 0 Å². The molecular weight excluding hydrogens is 349 g/mol. The maximum absolute atomic E-state index is 12.2. The fraction of sp³-hybridized carbons (Fsp3) is 0.200. The molecule has 24 heavy (non-hydrogen) atoms. The van der Waals surface area contributed by atoms with Gasteiger partial charge in [0.15, 0.2) is 11.5 Å². The molecule has 0 spiro atoms. The average Bonchev–Trinajstić information content (AvgIpc) is 2.47. The number of methoxy groups -OCH3 is 1. The highest BCUT2D eigenvalue weighted by Gasteiger charge is 2.31. The predicted molar refractivity (Wildman–Crippen MR) is 78.7 cm³/mol. The van der Waals surface area contributed by atoms with Crippen molar-refractivity contribution in [2.75, 3.05) is 7.11 Å². The first-order chi connectivity index (χ1) is 11.1. The van der Waals surface area contributed by atoms with Gasteiger partial charge in [0.1, 0.15) is 10.6 Å². The van der Waals surface area contributed by atoms with Crippen LogP contribution < -0.4 is 13.7 Å². The number of alkyl halides is 3. The summed E-state index contributed by atoms with van der Waals surface area (Å²) in [6, 6.07) is 8.33. The molecule has 0 bridgehead atoms. The van der Waals surface area contributed by atoms with E-state index in [1.54, 1.807) is 19.1 Å². The van der Waals surface area contributed by atoms with E-state index in [0.29, 0.717) is 0 Å². The van der Waals surface area contributed by atoms with Gasteiger partial charge in [0, 0.05) is 0 Å². The molecule has 0 atom stereocenters. The average molecular weight is 362 g/mol. The number of halogens is 3. The quantitative estimate of drug-likeness (QED) is 0.760. The van der Waals surface area contributed by atoms with E-state index in [1.165, 1.54) is 13.2 Å². The maximum atomic E-state index is 12.2. The predicted octanol–water partition coefficient (Wildman–Crippen LogP) is 3.67.